The summed E-state index contributed by atoms with van der Waals surface area (Å²) in [7, 11) is 0. The van der Waals surface area contributed by atoms with E-state index in [0.717, 1.165) is 21.0 Å². The molecule has 0 amide bonds. The minimum Gasteiger partial charge on any atom is -0.453 e. The van der Waals surface area contributed by atoms with Crippen LogP contribution in [0.1, 0.15) is 24.3 Å². The van der Waals surface area contributed by atoms with E-state index in [2.05, 4.69) is 28.2 Å². The molecule has 0 saturated heterocycles. The van der Waals surface area contributed by atoms with Gasteiger partial charge in [0.2, 0.25) is 0 Å². The average Bonchev–Trinajstić information content (AvgIpc) is 2.73. The molecule has 0 fully saturated rings. The van der Waals surface area contributed by atoms with Gasteiger partial charge in [-0.25, -0.2) is 0 Å². The topological polar surface area (TPSA) is 25.2 Å². The highest BCUT2D eigenvalue weighted by Gasteiger charge is 2.09. The number of hydrogen-bond donors (Lipinski definition) is 1. The minimum absolute atomic E-state index is 0.188. The zero-order chi connectivity index (χ0) is 12.3. The van der Waals surface area contributed by atoms with Gasteiger partial charge < -0.3 is 9.73 Å². The number of hydrogen-bond acceptors (Lipinski definition) is 2. The minimum atomic E-state index is 0.188. The van der Waals surface area contributed by atoms with E-state index in [1.807, 2.05) is 36.4 Å². The lowest BCUT2D eigenvalue weighted by Crippen LogP contribution is -2.18. The van der Waals surface area contributed by atoms with Crippen LogP contribution in [0.25, 0.3) is 0 Å². The van der Waals surface area contributed by atoms with Gasteiger partial charge in [-0.2, -0.15) is 0 Å². The van der Waals surface area contributed by atoms with Crippen molar-refractivity contribution in [3.8, 4) is 0 Å². The van der Waals surface area contributed by atoms with Crippen LogP contribution in [0.15, 0.2) is 45.5 Å². The molecule has 0 saturated carbocycles. The molecule has 1 aromatic heterocycles. The van der Waals surface area contributed by atoms with E-state index in [9.17, 15) is 0 Å². The van der Waals surface area contributed by atoms with E-state index in [0.29, 0.717) is 6.54 Å². The second-order valence-electron chi connectivity index (χ2n) is 3.83. The number of furan rings is 1. The lowest BCUT2D eigenvalue weighted by molar-refractivity contribution is 0.447. The van der Waals surface area contributed by atoms with Crippen LogP contribution in [0, 0.1) is 0 Å². The number of nitrogens with one attached hydrogen (secondary N) is 1. The van der Waals surface area contributed by atoms with Crippen molar-refractivity contribution in [1.82, 2.24) is 5.32 Å². The molecule has 2 rings (SSSR count). The molecule has 0 aliphatic carbocycles. The van der Waals surface area contributed by atoms with Gasteiger partial charge in [-0.3, -0.25) is 0 Å². The predicted molar refractivity (Wildman–Crippen MR) is 73.1 cm³/mol. The lowest BCUT2D eigenvalue weighted by atomic mass is 10.1. The normalized spacial score (nSPS) is 12.6. The summed E-state index contributed by atoms with van der Waals surface area (Å²) in [6, 6.07) is 11.9. The smallest absolute Gasteiger partial charge is 0.169 e. The molecule has 90 valence electrons. The monoisotopic (exact) mass is 313 g/mol. The van der Waals surface area contributed by atoms with Crippen LogP contribution in [0.3, 0.4) is 0 Å². The van der Waals surface area contributed by atoms with E-state index in [1.165, 1.54) is 0 Å². The largest absolute Gasteiger partial charge is 0.453 e. The third kappa shape index (κ3) is 3.35. The Morgan fingerprint density at radius 3 is 2.71 bits per heavy atom. The first-order chi connectivity index (χ1) is 8.16. The van der Waals surface area contributed by atoms with Gasteiger partial charge in [-0.1, -0.05) is 29.8 Å². The van der Waals surface area contributed by atoms with Crippen molar-refractivity contribution in [2.45, 2.75) is 19.5 Å². The summed E-state index contributed by atoms with van der Waals surface area (Å²) < 4.78 is 6.17. The number of halogens is 2. The standard InChI is InChI=1S/C13H13BrClNO/c1-9(11-4-2-3-5-12(11)15)16-8-10-6-7-13(14)17-10/h2-7,9,16H,8H2,1H3. The van der Waals surface area contributed by atoms with Crippen LogP contribution in [-0.2, 0) is 6.54 Å². The fraction of sp³-hybridized carbons (Fsp3) is 0.231. The first-order valence-electron chi connectivity index (χ1n) is 5.39. The summed E-state index contributed by atoms with van der Waals surface area (Å²) in [5, 5.41) is 4.16. The molecule has 0 aliphatic rings. The fourth-order valence-corrected chi connectivity index (χ4v) is 2.28. The van der Waals surface area contributed by atoms with Crippen LogP contribution in [0.5, 0.6) is 0 Å². The molecule has 1 N–H and O–H groups in total. The molecular formula is C13H13BrClNO. The molecule has 1 heterocycles. The van der Waals surface area contributed by atoms with Gasteiger partial charge in [0.1, 0.15) is 5.76 Å². The highest BCUT2D eigenvalue weighted by atomic mass is 79.9. The Labute approximate surface area is 114 Å². The maximum absolute atomic E-state index is 6.13. The van der Waals surface area contributed by atoms with Crippen LogP contribution < -0.4 is 5.32 Å². The fourth-order valence-electron chi connectivity index (χ4n) is 1.64. The zero-order valence-electron chi connectivity index (χ0n) is 9.41. The van der Waals surface area contributed by atoms with Crippen molar-refractivity contribution in [3.63, 3.8) is 0 Å². The molecule has 2 aromatic rings. The van der Waals surface area contributed by atoms with Gasteiger partial charge >= 0.3 is 0 Å². The van der Waals surface area contributed by atoms with Gasteiger partial charge in [0, 0.05) is 11.1 Å². The van der Waals surface area contributed by atoms with Crippen LogP contribution >= 0.6 is 27.5 Å². The maximum Gasteiger partial charge on any atom is 0.169 e. The van der Waals surface area contributed by atoms with Crippen molar-refractivity contribution >= 4 is 27.5 Å². The van der Waals surface area contributed by atoms with Gasteiger partial charge in [-0.15, -0.1) is 0 Å². The lowest BCUT2D eigenvalue weighted by Gasteiger charge is -2.14. The van der Waals surface area contributed by atoms with Gasteiger partial charge in [0.25, 0.3) is 0 Å². The van der Waals surface area contributed by atoms with Crippen LogP contribution in [-0.4, -0.2) is 0 Å². The second kappa shape index (κ2) is 5.71. The Kier molecular flexibility index (Phi) is 4.26. The van der Waals surface area contributed by atoms with E-state index in [1.54, 1.807) is 0 Å². The third-order valence-electron chi connectivity index (χ3n) is 2.58. The molecule has 0 spiro atoms. The Morgan fingerprint density at radius 2 is 2.06 bits per heavy atom. The maximum atomic E-state index is 6.13. The predicted octanol–water partition coefficient (Wildman–Crippen LogP) is 4.55. The summed E-state index contributed by atoms with van der Waals surface area (Å²) >= 11 is 9.41. The number of benzene rings is 1. The number of rotatable bonds is 4. The molecule has 17 heavy (non-hydrogen) atoms. The Bertz CT molecular complexity index is 498. The highest BCUT2D eigenvalue weighted by Crippen LogP contribution is 2.22. The molecule has 1 unspecified atom stereocenters. The van der Waals surface area contributed by atoms with Crippen LogP contribution in [0.2, 0.25) is 5.02 Å². The van der Waals surface area contributed by atoms with E-state index in [-0.39, 0.29) is 6.04 Å². The summed E-state index contributed by atoms with van der Waals surface area (Å²) in [5.41, 5.74) is 1.10. The van der Waals surface area contributed by atoms with E-state index in [4.69, 9.17) is 16.0 Å². The highest BCUT2D eigenvalue weighted by molar-refractivity contribution is 9.10. The molecule has 2 nitrogen and oxygen atoms in total. The first-order valence-corrected chi connectivity index (χ1v) is 6.56. The zero-order valence-corrected chi connectivity index (χ0v) is 11.8. The third-order valence-corrected chi connectivity index (χ3v) is 3.35. The average molecular weight is 315 g/mol. The summed E-state index contributed by atoms with van der Waals surface area (Å²) in [6.07, 6.45) is 0. The van der Waals surface area contributed by atoms with Crippen molar-refractivity contribution in [1.29, 1.82) is 0 Å². The molecule has 1 atom stereocenters. The second-order valence-corrected chi connectivity index (χ2v) is 5.02. The Balaban J connectivity index is 1.98. The molecular weight excluding hydrogens is 302 g/mol. The summed E-state index contributed by atoms with van der Waals surface area (Å²) in [4.78, 5) is 0. The quantitative estimate of drug-likeness (QED) is 0.896. The first kappa shape index (κ1) is 12.7. The molecule has 0 radical (unpaired) electrons. The molecule has 1 aromatic carbocycles. The van der Waals surface area contributed by atoms with Crippen molar-refractivity contribution in [3.05, 3.63) is 57.4 Å². The van der Waals surface area contributed by atoms with Gasteiger partial charge in [0.15, 0.2) is 4.67 Å². The Morgan fingerprint density at radius 1 is 1.29 bits per heavy atom. The molecule has 0 bridgehead atoms. The SMILES string of the molecule is CC(NCc1ccc(Br)o1)c1ccccc1Cl. The summed E-state index contributed by atoms with van der Waals surface area (Å²) in [5.74, 6) is 0.899. The Hall–Kier alpha value is -0.770. The van der Waals surface area contributed by atoms with E-state index < -0.39 is 0 Å². The van der Waals surface area contributed by atoms with Crippen molar-refractivity contribution in [2.75, 3.05) is 0 Å². The van der Waals surface area contributed by atoms with Gasteiger partial charge in [-0.05, 0) is 46.6 Å². The molecule has 4 heteroatoms. The van der Waals surface area contributed by atoms with Crippen LogP contribution in [0.4, 0.5) is 0 Å². The molecule has 0 aliphatic heterocycles. The van der Waals surface area contributed by atoms with E-state index >= 15 is 0 Å². The van der Waals surface area contributed by atoms with Crippen molar-refractivity contribution in [2.24, 2.45) is 0 Å². The van der Waals surface area contributed by atoms with Crippen molar-refractivity contribution < 1.29 is 4.42 Å². The summed E-state index contributed by atoms with van der Waals surface area (Å²) in [6.45, 7) is 2.76. The van der Waals surface area contributed by atoms with Gasteiger partial charge in [0.05, 0.1) is 6.54 Å².